The van der Waals surface area contributed by atoms with Crippen LogP contribution in [0.4, 0.5) is 0 Å². The van der Waals surface area contributed by atoms with Gasteiger partial charge in [0, 0.05) is 31.0 Å². The maximum Gasteiger partial charge on any atom is 0.254 e. The number of benzene rings is 1. The summed E-state index contributed by atoms with van der Waals surface area (Å²) < 4.78 is 12.8. The first-order chi connectivity index (χ1) is 11.2. The van der Waals surface area contributed by atoms with E-state index in [9.17, 15) is 4.79 Å². The molecule has 2 aliphatic rings. The van der Waals surface area contributed by atoms with Gasteiger partial charge in [0.15, 0.2) is 11.5 Å². The minimum atomic E-state index is 0.0470. The number of hydrogen-bond acceptors (Lipinski definition) is 4. The summed E-state index contributed by atoms with van der Waals surface area (Å²) in [7, 11) is 0. The fourth-order valence-electron chi connectivity index (χ4n) is 3.35. The van der Waals surface area contributed by atoms with E-state index in [4.69, 9.17) is 9.47 Å². The lowest BCUT2D eigenvalue weighted by Gasteiger charge is -2.34. The predicted octanol–water partition coefficient (Wildman–Crippen LogP) is 2.40. The molecule has 0 saturated carbocycles. The van der Waals surface area contributed by atoms with E-state index < -0.39 is 0 Å². The number of nitrogens with zero attached hydrogens (tertiary/aromatic N) is 3. The number of imidazole rings is 1. The Kier molecular flexibility index (Phi) is 3.44. The Labute approximate surface area is 134 Å². The Balaban J connectivity index is 1.53. The average Bonchev–Trinajstić information content (AvgIpc) is 3.22. The molecule has 0 bridgehead atoms. The lowest BCUT2D eigenvalue weighted by molar-refractivity contribution is 0.0678. The van der Waals surface area contributed by atoms with Crippen molar-refractivity contribution >= 4 is 5.91 Å². The maximum absolute atomic E-state index is 12.8. The number of piperidine rings is 1. The van der Waals surface area contributed by atoms with Crippen LogP contribution in [0.5, 0.6) is 11.5 Å². The summed E-state index contributed by atoms with van der Waals surface area (Å²) in [4.78, 5) is 19.0. The third kappa shape index (κ3) is 2.54. The summed E-state index contributed by atoms with van der Waals surface area (Å²) in [6.07, 6.45) is 5.88. The van der Waals surface area contributed by atoms with Crippen molar-refractivity contribution in [2.45, 2.75) is 25.8 Å². The largest absolute Gasteiger partial charge is 0.454 e. The van der Waals surface area contributed by atoms with Crippen LogP contribution < -0.4 is 9.47 Å². The van der Waals surface area contributed by atoms with Crippen molar-refractivity contribution in [3.63, 3.8) is 0 Å². The summed E-state index contributed by atoms with van der Waals surface area (Å²) >= 11 is 0. The Morgan fingerprint density at radius 2 is 2.17 bits per heavy atom. The number of carbonyl (C=O) groups is 1. The first-order valence-corrected chi connectivity index (χ1v) is 7.91. The zero-order valence-electron chi connectivity index (χ0n) is 13.1. The average molecular weight is 313 g/mol. The lowest BCUT2D eigenvalue weighted by Crippen LogP contribution is -2.40. The Morgan fingerprint density at radius 3 is 3.00 bits per heavy atom. The third-order valence-corrected chi connectivity index (χ3v) is 4.56. The van der Waals surface area contributed by atoms with Crippen LogP contribution >= 0.6 is 0 Å². The van der Waals surface area contributed by atoms with E-state index >= 15 is 0 Å². The molecule has 6 heteroatoms. The second kappa shape index (κ2) is 5.61. The molecule has 1 atom stereocenters. The molecule has 0 aliphatic carbocycles. The summed E-state index contributed by atoms with van der Waals surface area (Å²) in [6, 6.07) is 5.68. The molecule has 0 radical (unpaired) electrons. The molecule has 2 aromatic rings. The van der Waals surface area contributed by atoms with Crippen LogP contribution in [-0.2, 0) is 0 Å². The number of likely N-dealkylation sites (tertiary alicyclic amines) is 1. The van der Waals surface area contributed by atoms with Gasteiger partial charge in [-0.1, -0.05) is 0 Å². The smallest absolute Gasteiger partial charge is 0.254 e. The van der Waals surface area contributed by atoms with Crippen LogP contribution in [0.25, 0.3) is 0 Å². The van der Waals surface area contributed by atoms with Crippen molar-refractivity contribution in [2.75, 3.05) is 19.9 Å². The van der Waals surface area contributed by atoms with Gasteiger partial charge in [-0.25, -0.2) is 4.98 Å². The number of rotatable bonds is 2. The number of aryl methyl sites for hydroxylation is 1. The van der Waals surface area contributed by atoms with E-state index in [1.165, 1.54) is 0 Å². The number of ether oxygens (including phenoxy) is 2. The molecule has 0 unspecified atom stereocenters. The monoisotopic (exact) mass is 313 g/mol. The van der Waals surface area contributed by atoms with Gasteiger partial charge in [-0.05, 0) is 38.0 Å². The highest BCUT2D eigenvalue weighted by atomic mass is 16.7. The van der Waals surface area contributed by atoms with Crippen molar-refractivity contribution < 1.29 is 14.3 Å². The molecule has 1 aromatic carbocycles. The molecular formula is C17H19N3O3. The number of hydrogen-bond donors (Lipinski definition) is 0. The van der Waals surface area contributed by atoms with Crippen LogP contribution in [0.15, 0.2) is 30.6 Å². The van der Waals surface area contributed by atoms with E-state index in [2.05, 4.69) is 9.55 Å². The van der Waals surface area contributed by atoms with Gasteiger partial charge in [0.05, 0.1) is 6.04 Å². The lowest BCUT2D eigenvalue weighted by atomic mass is 10.0. The van der Waals surface area contributed by atoms with Gasteiger partial charge in [-0.3, -0.25) is 4.79 Å². The summed E-state index contributed by atoms with van der Waals surface area (Å²) in [5, 5.41) is 0. The Hall–Kier alpha value is -2.50. The second-order valence-electron chi connectivity index (χ2n) is 6.00. The first-order valence-electron chi connectivity index (χ1n) is 7.91. The van der Waals surface area contributed by atoms with Gasteiger partial charge < -0.3 is 18.9 Å². The quantitative estimate of drug-likeness (QED) is 0.854. The molecule has 1 fully saturated rings. The number of carbonyl (C=O) groups excluding carboxylic acids is 1. The van der Waals surface area contributed by atoms with E-state index in [0.717, 1.165) is 25.2 Å². The predicted molar refractivity (Wildman–Crippen MR) is 83.7 cm³/mol. The molecule has 4 rings (SSSR count). The maximum atomic E-state index is 12.8. The van der Waals surface area contributed by atoms with Crippen LogP contribution in [0.3, 0.4) is 0 Å². The van der Waals surface area contributed by atoms with E-state index in [0.29, 0.717) is 29.6 Å². The van der Waals surface area contributed by atoms with Crippen molar-refractivity contribution in [1.82, 2.24) is 14.5 Å². The number of fused-ring (bicyclic) bond motifs is 1. The van der Waals surface area contributed by atoms with Gasteiger partial charge in [-0.2, -0.15) is 0 Å². The van der Waals surface area contributed by atoms with E-state index in [-0.39, 0.29) is 12.7 Å². The third-order valence-electron chi connectivity index (χ3n) is 4.56. The molecule has 0 spiro atoms. The van der Waals surface area contributed by atoms with Crippen LogP contribution in [0, 0.1) is 6.92 Å². The molecule has 6 nitrogen and oxygen atoms in total. The molecule has 23 heavy (non-hydrogen) atoms. The van der Waals surface area contributed by atoms with Gasteiger partial charge in [-0.15, -0.1) is 0 Å². The normalized spacial score (nSPS) is 19.9. The second-order valence-corrected chi connectivity index (χ2v) is 6.00. The minimum Gasteiger partial charge on any atom is -0.454 e. The first kappa shape index (κ1) is 14.1. The molecule has 2 aliphatic heterocycles. The highest BCUT2D eigenvalue weighted by Gasteiger charge is 2.27. The van der Waals surface area contributed by atoms with Crippen molar-refractivity contribution in [3.05, 3.63) is 42.0 Å². The number of aromatic nitrogens is 2. The van der Waals surface area contributed by atoms with Crippen LogP contribution in [-0.4, -0.2) is 40.2 Å². The summed E-state index contributed by atoms with van der Waals surface area (Å²) in [5.41, 5.74) is 0.650. The molecule has 1 aromatic heterocycles. The van der Waals surface area contributed by atoms with Crippen molar-refractivity contribution in [2.24, 2.45) is 0 Å². The molecule has 1 amide bonds. The molecular weight excluding hydrogens is 294 g/mol. The van der Waals surface area contributed by atoms with Gasteiger partial charge in [0.1, 0.15) is 5.82 Å². The fraction of sp³-hybridized carbons (Fsp3) is 0.412. The Morgan fingerprint density at radius 1 is 1.30 bits per heavy atom. The van der Waals surface area contributed by atoms with Crippen LogP contribution in [0.2, 0.25) is 0 Å². The molecule has 1 saturated heterocycles. The van der Waals surface area contributed by atoms with Crippen molar-refractivity contribution in [1.29, 1.82) is 0 Å². The molecule has 120 valence electrons. The van der Waals surface area contributed by atoms with E-state index in [1.807, 2.05) is 30.3 Å². The fourth-order valence-corrected chi connectivity index (χ4v) is 3.35. The molecule has 0 N–H and O–H groups in total. The standard InChI is InChI=1S/C17H19N3O3/c1-12-18-6-8-20(12)14-3-2-7-19(10-14)17(21)13-4-5-15-16(9-13)23-11-22-15/h4-6,8-9,14H,2-3,7,10-11H2,1H3/t14-/m1/s1. The van der Waals surface area contributed by atoms with Gasteiger partial charge in [0.25, 0.3) is 5.91 Å². The summed E-state index contributed by atoms with van der Waals surface area (Å²) in [6.45, 7) is 3.72. The molecule has 3 heterocycles. The van der Waals surface area contributed by atoms with Gasteiger partial charge in [0.2, 0.25) is 6.79 Å². The summed E-state index contributed by atoms with van der Waals surface area (Å²) in [5.74, 6) is 2.39. The topological polar surface area (TPSA) is 56.6 Å². The SMILES string of the molecule is Cc1nccn1[C@@H]1CCCN(C(=O)c2ccc3c(c2)OCO3)C1. The van der Waals surface area contributed by atoms with Crippen LogP contribution in [0.1, 0.15) is 35.1 Å². The zero-order valence-corrected chi connectivity index (χ0v) is 13.1. The van der Waals surface area contributed by atoms with Gasteiger partial charge >= 0.3 is 0 Å². The highest BCUT2D eigenvalue weighted by Crippen LogP contribution is 2.33. The van der Waals surface area contributed by atoms with Crippen molar-refractivity contribution in [3.8, 4) is 11.5 Å². The Bertz CT molecular complexity index is 740. The highest BCUT2D eigenvalue weighted by molar-refractivity contribution is 5.95. The zero-order chi connectivity index (χ0) is 15.8. The minimum absolute atomic E-state index is 0.0470. The number of amides is 1. The van der Waals surface area contributed by atoms with E-state index in [1.54, 1.807) is 12.1 Å².